The number of amides is 1. The first-order valence-corrected chi connectivity index (χ1v) is 9.13. The second-order valence-corrected chi connectivity index (χ2v) is 6.21. The molecule has 1 amide bonds. The Morgan fingerprint density at radius 1 is 0.828 bits per heavy atom. The molecule has 0 atom stereocenters. The van der Waals surface area contributed by atoms with E-state index in [1.807, 2.05) is 30.3 Å². The summed E-state index contributed by atoms with van der Waals surface area (Å²) in [6, 6.07) is 22.9. The summed E-state index contributed by atoms with van der Waals surface area (Å²) in [5.74, 6) is -0.0450. The lowest BCUT2D eigenvalue weighted by molar-refractivity contribution is -0.124. The molecule has 2 N–H and O–H groups in total. The van der Waals surface area contributed by atoms with Gasteiger partial charge >= 0.3 is 5.97 Å². The van der Waals surface area contributed by atoms with Crippen molar-refractivity contribution in [3.63, 3.8) is 0 Å². The van der Waals surface area contributed by atoms with E-state index in [0.717, 1.165) is 16.9 Å². The smallest absolute Gasteiger partial charge is 0.338 e. The zero-order valence-corrected chi connectivity index (χ0v) is 15.7. The minimum atomic E-state index is -0.571. The quantitative estimate of drug-likeness (QED) is 0.454. The monoisotopic (exact) mass is 391 g/mol. The summed E-state index contributed by atoms with van der Waals surface area (Å²) >= 11 is 0. The van der Waals surface area contributed by atoms with Crippen LogP contribution in [0.4, 0.5) is 0 Å². The van der Waals surface area contributed by atoms with E-state index in [4.69, 9.17) is 9.47 Å². The molecule has 0 bridgehead atoms. The van der Waals surface area contributed by atoms with Gasteiger partial charge in [-0.1, -0.05) is 42.5 Å². The highest BCUT2D eigenvalue weighted by Gasteiger charge is 2.10. The van der Waals surface area contributed by atoms with Crippen molar-refractivity contribution < 1.29 is 24.2 Å². The molecule has 0 radical (unpaired) electrons. The summed E-state index contributed by atoms with van der Waals surface area (Å²) in [4.78, 5) is 23.9. The first-order chi connectivity index (χ1) is 14.1. The van der Waals surface area contributed by atoms with E-state index < -0.39 is 11.9 Å². The zero-order valence-electron chi connectivity index (χ0n) is 15.7. The minimum Gasteiger partial charge on any atom is -0.508 e. The van der Waals surface area contributed by atoms with E-state index in [0.29, 0.717) is 18.7 Å². The number of ether oxygens (including phenoxy) is 2. The van der Waals surface area contributed by atoms with E-state index in [9.17, 15) is 14.7 Å². The molecule has 0 unspecified atom stereocenters. The van der Waals surface area contributed by atoms with Crippen molar-refractivity contribution in [2.45, 2.75) is 0 Å². The van der Waals surface area contributed by atoms with Crippen LogP contribution in [-0.4, -0.2) is 36.7 Å². The Morgan fingerprint density at radius 3 is 2.10 bits per heavy atom. The van der Waals surface area contributed by atoms with Crippen LogP contribution in [0.5, 0.6) is 11.5 Å². The third-order valence-electron chi connectivity index (χ3n) is 4.09. The second-order valence-electron chi connectivity index (χ2n) is 6.21. The van der Waals surface area contributed by atoms with Crippen molar-refractivity contribution in [3.8, 4) is 22.6 Å². The highest BCUT2D eigenvalue weighted by molar-refractivity contribution is 5.91. The van der Waals surface area contributed by atoms with Gasteiger partial charge in [0.15, 0.2) is 6.61 Å². The number of phenols is 1. The molecule has 0 aliphatic heterocycles. The van der Waals surface area contributed by atoms with Crippen molar-refractivity contribution >= 4 is 11.9 Å². The molecule has 6 heteroatoms. The number of benzene rings is 3. The predicted molar refractivity (Wildman–Crippen MR) is 109 cm³/mol. The van der Waals surface area contributed by atoms with Gasteiger partial charge in [0, 0.05) is 0 Å². The molecule has 3 rings (SSSR count). The van der Waals surface area contributed by atoms with E-state index in [2.05, 4.69) is 5.32 Å². The molecule has 0 fully saturated rings. The van der Waals surface area contributed by atoms with Gasteiger partial charge in [0.2, 0.25) is 0 Å². The van der Waals surface area contributed by atoms with Crippen LogP contribution in [-0.2, 0) is 9.53 Å². The molecule has 0 heterocycles. The molecule has 6 nitrogen and oxygen atoms in total. The predicted octanol–water partition coefficient (Wildman–Crippen LogP) is 3.41. The topological polar surface area (TPSA) is 84.9 Å². The largest absolute Gasteiger partial charge is 0.508 e. The number of rotatable bonds is 8. The third-order valence-corrected chi connectivity index (χ3v) is 4.09. The van der Waals surface area contributed by atoms with E-state index in [1.165, 1.54) is 0 Å². The molecule has 29 heavy (non-hydrogen) atoms. The zero-order chi connectivity index (χ0) is 20.5. The first-order valence-electron chi connectivity index (χ1n) is 9.13. The summed E-state index contributed by atoms with van der Waals surface area (Å²) in [5, 5.41) is 12.0. The maximum atomic E-state index is 12.1. The molecule has 3 aromatic carbocycles. The number of aromatic hydroxyl groups is 1. The fourth-order valence-electron chi connectivity index (χ4n) is 2.59. The van der Waals surface area contributed by atoms with Crippen molar-refractivity contribution in [1.82, 2.24) is 5.32 Å². The summed E-state index contributed by atoms with van der Waals surface area (Å²) in [7, 11) is 0. The first kappa shape index (κ1) is 19.9. The molecule has 0 aliphatic carbocycles. The summed E-state index contributed by atoms with van der Waals surface area (Å²) < 4.78 is 10.5. The lowest BCUT2D eigenvalue weighted by Crippen LogP contribution is -2.32. The van der Waals surface area contributed by atoms with Crippen molar-refractivity contribution in [2.75, 3.05) is 19.8 Å². The fraction of sp³-hybridized carbons (Fsp3) is 0.130. The summed E-state index contributed by atoms with van der Waals surface area (Å²) in [5.41, 5.74) is 2.17. The molecule has 0 aliphatic rings. The number of nitrogens with one attached hydrogen (secondary N) is 1. The normalized spacial score (nSPS) is 10.2. The summed E-state index contributed by atoms with van der Waals surface area (Å²) in [6.07, 6.45) is 0. The Bertz CT molecular complexity index is 937. The van der Waals surface area contributed by atoms with Crippen LogP contribution in [0, 0.1) is 0 Å². The van der Waals surface area contributed by atoms with Crippen molar-refractivity contribution in [1.29, 1.82) is 0 Å². The molecule has 0 spiro atoms. The van der Waals surface area contributed by atoms with E-state index >= 15 is 0 Å². The van der Waals surface area contributed by atoms with Crippen LogP contribution >= 0.6 is 0 Å². The number of para-hydroxylation sites is 1. The second kappa shape index (κ2) is 9.94. The Labute approximate surface area is 168 Å². The van der Waals surface area contributed by atoms with Crippen LogP contribution in [0.1, 0.15) is 10.4 Å². The fourth-order valence-corrected chi connectivity index (χ4v) is 2.59. The van der Waals surface area contributed by atoms with Crippen LogP contribution in [0.2, 0.25) is 0 Å². The SMILES string of the molecule is O=C(COC(=O)c1ccc(-c2ccc(O)cc2)cc1)NCCOc1ccccc1. The highest BCUT2D eigenvalue weighted by Crippen LogP contribution is 2.22. The molecular formula is C23H21NO5. The van der Waals surface area contributed by atoms with Gasteiger partial charge in [-0.3, -0.25) is 4.79 Å². The number of esters is 1. The van der Waals surface area contributed by atoms with Crippen molar-refractivity contribution in [3.05, 3.63) is 84.4 Å². The number of carbonyl (C=O) groups is 2. The Balaban J connectivity index is 1.40. The number of phenolic OH excluding ortho intramolecular Hbond substituents is 1. The Kier molecular flexibility index (Phi) is 6.84. The van der Waals surface area contributed by atoms with Gasteiger partial charge in [-0.2, -0.15) is 0 Å². The highest BCUT2D eigenvalue weighted by atomic mass is 16.5. The van der Waals surface area contributed by atoms with Crippen LogP contribution in [0.15, 0.2) is 78.9 Å². The molecule has 3 aromatic rings. The van der Waals surface area contributed by atoms with Crippen LogP contribution < -0.4 is 10.1 Å². The lowest BCUT2D eigenvalue weighted by Gasteiger charge is -2.08. The molecule has 148 valence electrons. The average Bonchev–Trinajstić information content (AvgIpc) is 2.76. The molecule has 0 saturated carbocycles. The van der Waals surface area contributed by atoms with Gasteiger partial charge < -0.3 is 19.9 Å². The third kappa shape index (κ3) is 6.10. The summed E-state index contributed by atoms with van der Waals surface area (Å²) in [6.45, 7) is 0.277. The Hall–Kier alpha value is -3.80. The van der Waals surface area contributed by atoms with Gasteiger partial charge in [-0.25, -0.2) is 4.79 Å². The van der Waals surface area contributed by atoms with E-state index in [-0.39, 0.29) is 12.4 Å². The Morgan fingerprint density at radius 2 is 1.45 bits per heavy atom. The minimum absolute atomic E-state index is 0.193. The van der Waals surface area contributed by atoms with Crippen molar-refractivity contribution in [2.24, 2.45) is 0 Å². The standard InChI is InChI=1S/C23H21NO5/c25-20-12-10-18(11-13-20)17-6-8-19(9-7-17)23(27)29-16-22(26)24-14-15-28-21-4-2-1-3-5-21/h1-13,25H,14-16H2,(H,24,26). The van der Waals surface area contributed by atoms with Gasteiger partial charge in [-0.05, 0) is 47.5 Å². The average molecular weight is 391 g/mol. The van der Waals surface area contributed by atoms with E-state index in [1.54, 1.807) is 48.5 Å². The lowest BCUT2D eigenvalue weighted by atomic mass is 10.0. The molecule has 0 aromatic heterocycles. The van der Waals surface area contributed by atoms with Gasteiger partial charge in [0.25, 0.3) is 5.91 Å². The maximum absolute atomic E-state index is 12.1. The van der Waals surface area contributed by atoms with Crippen LogP contribution in [0.3, 0.4) is 0 Å². The van der Waals surface area contributed by atoms with Gasteiger partial charge in [-0.15, -0.1) is 0 Å². The number of carbonyl (C=O) groups excluding carboxylic acids is 2. The van der Waals surface area contributed by atoms with Crippen LogP contribution in [0.25, 0.3) is 11.1 Å². The number of hydrogen-bond acceptors (Lipinski definition) is 5. The number of hydrogen-bond donors (Lipinski definition) is 2. The van der Waals surface area contributed by atoms with Gasteiger partial charge in [0.1, 0.15) is 18.1 Å². The maximum Gasteiger partial charge on any atom is 0.338 e. The molecular weight excluding hydrogens is 370 g/mol. The molecule has 0 saturated heterocycles. The van der Waals surface area contributed by atoms with Gasteiger partial charge in [0.05, 0.1) is 12.1 Å².